The summed E-state index contributed by atoms with van der Waals surface area (Å²) in [4.78, 5) is 0. The molecule has 1 heteroatoms. The summed E-state index contributed by atoms with van der Waals surface area (Å²) in [6, 6.07) is 22.2. The molecule has 0 bridgehead atoms. The highest BCUT2D eigenvalue weighted by Crippen LogP contribution is 2.28. The van der Waals surface area contributed by atoms with E-state index in [0.717, 1.165) is 0 Å². The van der Waals surface area contributed by atoms with Crippen LogP contribution in [0.2, 0.25) is 0 Å². The molecule has 3 rings (SSSR count). The molecule has 0 nitrogen and oxygen atoms in total. The fourth-order valence-corrected chi connectivity index (χ4v) is 6.84. The molecule has 1 aliphatic heterocycles. The topological polar surface area (TPSA) is 0 Å². The van der Waals surface area contributed by atoms with Crippen molar-refractivity contribution in [2.24, 2.45) is 0 Å². The lowest BCUT2D eigenvalue weighted by molar-refractivity contribution is 1.35. The predicted octanol–water partition coefficient (Wildman–Crippen LogP) is 2.94. The summed E-state index contributed by atoms with van der Waals surface area (Å²) < 4.78 is 0. The maximum Gasteiger partial charge on any atom is 0.118 e. The maximum absolute atomic E-state index is 4.14. The van der Waals surface area contributed by atoms with Crippen LogP contribution in [0.3, 0.4) is 0 Å². The molecule has 2 aromatic carbocycles. The highest BCUT2D eigenvalue weighted by Gasteiger charge is 2.38. The van der Waals surface area contributed by atoms with Crippen molar-refractivity contribution in [3.8, 4) is 0 Å². The number of fused-ring (bicyclic) bond motifs is 1. The minimum atomic E-state index is -1.52. The van der Waals surface area contributed by atoms with Gasteiger partial charge in [0.1, 0.15) is 8.07 Å². The van der Waals surface area contributed by atoms with Gasteiger partial charge >= 0.3 is 0 Å². The van der Waals surface area contributed by atoms with Crippen LogP contribution in [-0.4, -0.2) is 8.07 Å². The number of hydrogen-bond donors (Lipinski definition) is 0. The van der Waals surface area contributed by atoms with Gasteiger partial charge in [-0.2, -0.15) is 0 Å². The first-order chi connectivity index (χ1) is 8.34. The summed E-state index contributed by atoms with van der Waals surface area (Å²) in [6.45, 7) is 4.14. The van der Waals surface area contributed by atoms with Crippen molar-refractivity contribution >= 4 is 13.3 Å². The van der Waals surface area contributed by atoms with E-state index in [1.807, 2.05) is 0 Å². The van der Waals surface area contributed by atoms with Crippen molar-refractivity contribution < 1.29 is 0 Å². The lowest BCUT2D eigenvalue weighted by Crippen LogP contribution is -2.47. The molecule has 1 heterocycles. The summed E-state index contributed by atoms with van der Waals surface area (Å²) >= 11 is 0. The fraction of sp³-hybridized carbons (Fsp3) is 0.125. The van der Waals surface area contributed by atoms with Gasteiger partial charge in [0.05, 0.1) is 0 Å². The highest BCUT2D eigenvalue weighted by atomic mass is 28.3. The van der Waals surface area contributed by atoms with Gasteiger partial charge in [0.2, 0.25) is 0 Å². The lowest BCUT2D eigenvalue weighted by atomic mass is 10.1. The molecular formula is C16H16Si. The van der Waals surface area contributed by atoms with Crippen molar-refractivity contribution in [3.05, 3.63) is 78.0 Å². The zero-order chi connectivity index (χ0) is 11.7. The average molecular weight is 236 g/mol. The van der Waals surface area contributed by atoms with Crippen LogP contribution in [0.5, 0.6) is 0 Å². The molecule has 17 heavy (non-hydrogen) atoms. The van der Waals surface area contributed by atoms with E-state index < -0.39 is 8.07 Å². The van der Waals surface area contributed by atoms with Crippen LogP contribution in [0.4, 0.5) is 0 Å². The van der Waals surface area contributed by atoms with E-state index in [1.165, 1.54) is 28.4 Å². The van der Waals surface area contributed by atoms with Crippen molar-refractivity contribution in [2.75, 3.05) is 0 Å². The molecule has 0 aliphatic carbocycles. The Bertz CT molecular complexity index is 517. The average Bonchev–Trinajstić information content (AvgIpc) is 2.79. The Morgan fingerprint density at radius 3 is 1.88 bits per heavy atom. The Balaban J connectivity index is 2.06. The summed E-state index contributed by atoms with van der Waals surface area (Å²) in [5.41, 5.74) is 5.33. The van der Waals surface area contributed by atoms with E-state index >= 15 is 0 Å². The second-order valence-corrected chi connectivity index (χ2v) is 8.85. The third-order valence-electron chi connectivity index (χ3n) is 3.87. The molecule has 1 aliphatic rings. The molecule has 0 fully saturated rings. The molecule has 0 saturated heterocycles. The standard InChI is InChI=1S/C16H16Si/c1-2-17(16-10-4-3-5-11-16)12-14-8-6-7-9-15(14)13-17/h2-11H,1,12-13H2. The maximum atomic E-state index is 4.14. The smallest absolute Gasteiger partial charge is 0.107 e. The molecule has 84 valence electrons. The van der Waals surface area contributed by atoms with E-state index in [9.17, 15) is 0 Å². The number of rotatable bonds is 2. The molecule has 0 aromatic heterocycles. The summed E-state index contributed by atoms with van der Waals surface area (Å²) in [5, 5.41) is 1.52. The van der Waals surface area contributed by atoms with Gasteiger partial charge in [-0.05, 0) is 23.2 Å². The zero-order valence-electron chi connectivity index (χ0n) is 9.89. The van der Waals surface area contributed by atoms with Crippen LogP contribution in [0.15, 0.2) is 66.9 Å². The largest absolute Gasteiger partial charge is 0.118 e. The van der Waals surface area contributed by atoms with E-state index in [4.69, 9.17) is 0 Å². The number of benzene rings is 2. The van der Waals surface area contributed by atoms with Gasteiger partial charge in [-0.15, -0.1) is 6.58 Å². The van der Waals surface area contributed by atoms with Gasteiger partial charge < -0.3 is 0 Å². The van der Waals surface area contributed by atoms with Gasteiger partial charge in [0.15, 0.2) is 0 Å². The molecule has 0 radical (unpaired) electrons. The fourth-order valence-electron chi connectivity index (χ4n) is 2.88. The van der Waals surface area contributed by atoms with Crippen molar-refractivity contribution in [2.45, 2.75) is 12.1 Å². The van der Waals surface area contributed by atoms with Crippen LogP contribution < -0.4 is 5.19 Å². The molecule has 0 N–H and O–H groups in total. The van der Waals surface area contributed by atoms with Gasteiger partial charge in [0.25, 0.3) is 0 Å². The minimum Gasteiger partial charge on any atom is -0.107 e. The highest BCUT2D eigenvalue weighted by molar-refractivity contribution is 6.95. The lowest BCUT2D eigenvalue weighted by Gasteiger charge is -2.22. The minimum absolute atomic E-state index is 1.22. The summed E-state index contributed by atoms with van der Waals surface area (Å²) in [6.07, 6.45) is 0. The Morgan fingerprint density at radius 2 is 1.35 bits per heavy atom. The van der Waals surface area contributed by atoms with E-state index in [2.05, 4.69) is 66.9 Å². The molecule has 0 amide bonds. The predicted molar refractivity (Wildman–Crippen MR) is 75.9 cm³/mol. The first-order valence-electron chi connectivity index (χ1n) is 6.10. The Kier molecular flexibility index (Phi) is 2.48. The second-order valence-electron chi connectivity index (χ2n) is 4.85. The molecule has 0 unspecified atom stereocenters. The monoisotopic (exact) mass is 236 g/mol. The summed E-state index contributed by atoms with van der Waals surface area (Å²) in [7, 11) is -1.52. The van der Waals surface area contributed by atoms with Gasteiger partial charge in [-0.25, -0.2) is 0 Å². The van der Waals surface area contributed by atoms with Crippen molar-refractivity contribution in [3.63, 3.8) is 0 Å². The van der Waals surface area contributed by atoms with Crippen molar-refractivity contribution in [1.82, 2.24) is 0 Å². The van der Waals surface area contributed by atoms with Crippen LogP contribution in [0, 0.1) is 0 Å². The zero-order valence-corrected chi connectivity index (χ0v) is 10.9. The van der Waals surface area contributed by atoms with Crippen LogP contribution in [0.1, 0.15) is 11.1 Å². The van der Waals surface area contributed by atoms with E-state index in [-0.39, 0.29) is 0 Å². The SMILES string of the molecule is C=C[Si]1(c2ccccc2)Cc2ccccc2C1. The van der Waals surface area contributed by atoms with E-state index in [0.29, 0.717) is 0 Å². The first kappa shape index (κ1) is 10.5. The third kappa shape index (κ3) is 1.67. The Morgan fingerprint density at radius 1 is 0.824 bits per heavy atom. The molecule has 0 atom stereocenters. The van der Waals surface area contributed by atoms with E-state index in [1.54, 1.807) is 0 Å². The second kappa shape index (κ2) is 4.01. The van der Waals surface area contributed by atoms with Crippen LogP contribution in [0.25, 0.3) is 0 Å². The molecular weight excluding hydrogens is 220 g/mol. The first-order valence-corrected chi connectivity index (χ1v) is 8.59. The van der Waals surface area contributed by atoms with Crippen molar-refractivity contribution in [1.29, 1.82) is 0 Å². The van der Waals surface area contributed by atoms with Gasteiger partial charge in [0, 0.05) is 0 Å². The van der Waals surface area contributed by atoms with Gasteiger partial charge in [-0.3, -0.25) is 0 Å². The number of hydrogen-bond acceptors (Lipinski definition) is 0. The molecule has 2 aromatic rings. The molecule has 0 saturated carbocycles. The van der Waals surface area contributed by atoms with Gasteiger partial charge in [-0.1, -0.05) is 65.5 Å². The third-order valence-corrected chi connectivity index (χ3v) is 8.16. The van der Waals surface area contributed by atoms with Crippen LogP contribution in [-0.2, 0) is 12.1 Å². The van der Waals surface area contributed by atoms with Crippen LogP contribution >= 0.6 is 0 Å². The summed E-state index contributed by atoms with van der Waals surface area (Å²) in [5.74, 6) is 0. The quantitative estimate of drug-likeness (QED) is 0.703. The Labute approximate surface area is 104 Å². The molecule has 0 spiro atoms. The normalized spacial score (nSPS) is 16.5. The Hall–Kier alpha value is -1.60.